The van der Waals surface area contributed by atoms with Crippen molar-refractivity contribution in [1.82, 2.24) is 10.0 Å². The number of hydrogen-bond acceptors (Lipinski definition) is 4. The first-order chi connectivity index (χ1) is 8.62. The molecule has 1 saturated heterocycles. The summed E-state index contributed by atoms with van der Waals surface area (Å²) in [7, 11) is -1.84. The summed E-state index contributed by atoms with van der Waals surface area (Å²) in [4.78, 5) is 0.293. The smallest absolute Gasteiger partial charge is 0.240 e. The molecule has 1 aliphatic heterocycles. The molecule has 0 aromatic heterocycles. The maximum Gasteiger partial charge on any atom is 0.240 e. The fourth-order valence-electron chi connectivity index (χ4n) is 2.60. The van der Waals surface area contributed by atoms with Gasteiger partial charge in [-0.05, 0) is 49.2 Å². The van der Waals surface area contributed by atoms with Crippen LogP contribution >= 0.6 is 12.4 Å². The number of piperidine rings is 1. The lowest BCUT2D eigenvalue weighted by Gasteiger charge is -2.09. The van der Waals surface area contributed by atoms with E-state index in [0.717, 1.165) is 13.1 Å². The molecule has 19 heavy (non-hydrogen) atoms. The van der Waals surface area contributed by atoms with Gasteiger partial charge in [-0.2, -0.15) is 0 Å². The molecule has 1 saturated carbocycles. The molecule has 0 bridgehead atoms. The molecule has 1 aromatic rings. The van der Waals surface area contributed by atoms with E-state index in [9.17, 15) is 8.42 Å². The van der Waals surface area contributed by atoms with Crippen LogP contribution in [0.2, 0.25) is 0 Å². The maximum atomic E-state index is 12.1. The number of fused-ring (bicyclic) bond motifs is 1. The Bertz CT molecular complexity index is 537. The number of methoxy groups -OCH3 is 1. The summed E-state index contributed by atoms with van der Waals surface area (Å²) < 4.78 is 32.1. The van der Waals surface area contributed by atoms with E-state index < -0.39 is 10.0 Å². The molecule has 106 valence electrons. The highest BCUT2D eigenvalue weighted by atomic mass is 35.5. The zero-order chi connectivity index (χ0) is 12.8. The molecule has 0 amide bonds. The summed E-state index contributed by atoms with van der Waals surface area (Å²) >= 11 is 0. The van der Waals surface area contributed by atoms with Gasteiger partial charge in [0.2, 0.25) is 10.0 Å². The minimum atomic E-state index is -3.40. The highest BCUT2D eigenvalue weighted by Crippen LogP contribution is 2.42. The third-order valence-corrected chi connectivity index (χ3v) is 5.23. The van der Waals surface area contributed by atoms with Crippen LogP contribution in [-0.2, 0) is 10.0 Å². The number of benzene rings is 1. The fourth-order valence-corrected chi connectivity index (χ4v) is 3.93. The van der Waals surface area contributed by atoms with Gasteiger partial charge < -0.3 is 10.1 Å². The number of hydrogen-bond donors (Lipinski definition) is 2. The molecule has 1 aliphatic carbocycles. The van der Waals surface area contributed by atoms with E-state index in [-0.39, 0.29) is 18.4 Å². The van der Waals surface area contributed by atoms with Crippen molar-refractivity contribution in [2.75, 3.05) is 20.2 Å². The Morgan fingerprint density at radius 2 is 1.79 bits per heavy atom. The van der Waals surface area contributed by atoms with Crippen LogP contribution in [0.4, 0.5) is 0 Å². The SMILES string of the molecule is COc1ccc(S(=O)(=O)NC2C3CNCC32)cc1.Cl. The number of sulfonamides is 1. The minimum absolute atomic E-state index is 0. The van der Waals surface area contributed by atoms with E-state index in [1.54, 1.807) is 31.4 Å². The first-order valence-electron chi connectivity index (χ1n) is 5.99. The largest absolute Gasteiger partial charge is 0.497 e. The van der Waals surface area contributed by atoms with Gasteiger partial charge in [0, 0.05) is 6.04 Å². The number of halogens is 1. The van der Waals surface area contributed by atoms with E-state index in [1.807, 2.05) is 0 Å². The van der Waals surface area contributed by atoms with Gasteiger partial charge in [0.1, 0.15) is 5.75 Å². The molecule has 7 heteroatoms. The predicted molar refractivity (Wildman–Crippen MR) is 74.2 cm³/mol. The molecule has 5 nitrogen and oxygen atoms in total. The fraction of sp³-hybridized carbons (Fsp3) is 0.500. The van der Waals surface area contributed by atoms with Crippen molar-refractivity contribution in [1.29, 1.82) is 0 Å². The van der Waals surface area contributed by atoms with Crippen molar-refractivity contribution >= 4 is 22.4 Å². The first-order valence-corrected chi connectivity index (χ1v) is 7.47. The van der Waals surface area contributed by atoms with Crippen LogP contribution in [-0.4, -0.2) is 34.7 Å². The van der Waals surface area contributed by atoms with E-state index >= 15 is 0 Å². The van der Waals surface area contributed by atoms with E-state index in [2.05, 4.69) is 10.0 Å². The van der Waals surface area contributed by atoms with Crippen LogP contribution in [0, 0.1) is 11.8 Å². The molecule has 0 spiro atoms. The van der Waals surface area contributed by atoms with Gasteiger partial charge in [0.15, 0.2) is 0 Å². The molecule has 1 heterocycles. The van der Waals surface area contributed by atoms with Crippen molar-refractivity contribution < 1.29 is 13.2 Å². The molecule has 2 aliphatic rings. The molecule has 2 unspecified atom stereocenters. The van der Waals surface area contributed by atoms with E-state index in [4.69, 9.17) is 4.74 Å². The summed E-state index contributed by atoms with van der Waals surface area (Å²) in [6.45, 7) is 1.83. The van der Waals surface area contributed by atoms with Gasteiger partial charge in [-0.3, -0.25) is 0 Å². The van der Waals surface area contributed by atoms with Crippen LogP contribution in [0.1, 0.15) is 0 Å². The van der Waals surface area contributed by atoms with Gasteiger partial charge in [0.05, 0.1) is 12.0 Å². The zero-order valence-corrected chi connectivity index (χ0v) is 12.1. The summed E-state index contributed by atoms with van der Waals surface area (Å²) in [5.41, 5.74) is 0. The Balaban J connectivity index is 0.00000133. The van der Waals surface area contributed by atoms with E-state index in [0.29, 0.717) is 22.5 Å². The summed E-state index contributed by atoms with van der Waals surface area (Å²) in [6, 6.07) is 6.56. The second kappa shape index (κ2) is 5.28. The lowest BCUT2D eigenvalue weighted by atomic mass is 10.3. The molecular weight excluding hydrogens is 288 g/mol. The zero-order valence-electron chi connectivity index (χ0n) is 10.5. The van der Waals surface area contributed by atoms with Crippen LogP contribution in [0.5, 0.6) is 5.75 Å². The predicted octanol–water partition coefficient (Wildman–Crippen LogP) is 0.613. The van der Waals surface area contributed by atoms with Crippen molar-refractivity contribution in [2.24, 2.45) is 11.8 Å². The third-order valence-electron chi connectivity index (χ3n) is 3.75. The molecular formula is C12H17ClN2O3S. The number of rotatable bonds is 4. The molecule has 2 atom stereocenters. The maximum absolute atomic E-state index is 12.1. The second-order valence-corrected chi connectivity index (χ2v) is 6.52. The summed E-state index contributed by atoms with van der Waals surface area (Å²) in [6.07, 6.45) is 0. The molecule has 3 rings (SSSR count). The average molecular weight is 305 g/mol. The Labute approximate surface area is 119 Å². The molecule has 1 aromatic carbocycles. The number of nitrogens with one attached hydrogen (secondary N) is 2. The molecule has 2 fully saturated rings. The summed E-state index contributed by atoms with van der Waals surface area (Å²) in [5.74, 6) is 1.59. The third kappa shape index (κ3) is 2.72. The van der Waals surface area contributed by atoms with Gasteiger partial charge in [-0.1, -0.05) is 0 Å². The lowest BCUT2D eigenvalue weighted by Crippen LogP contribution is -2.32. The average Bonchev–Trinajstić information content (AvgIpc) is 2.80. The second-order valence-electron chi connectivity index (χ2n) is 4.81. The highest BCUT2D eigenvalue weighted by Gasteiger charge is 2.54. The molecule has 2 N–H and O–H groups in total. The van der Waals surface area contributed by atoms with Gasteiger partial charge in [-0.25, -0.2) is 13.1 Å². The lowest BCUT2D eigenvalue weighted by molar-refractivity contribution is 0.414. The van der Waals surface area contributed by atoms with Gasteiger partial charge in [-0.15, -0.1) is 12.4 Å². The Kier molecular flexibility index (Phi) is 4.06. The van der Waals surface area contributed by atoms with E-state index in [1.165, 1.54) is 0 Å². The Hall–Kier alpha value is -0.820. The van der Waals surface area contributed by atoms with Crippen LogP contribution in [0.15, 0.2) is 29.2 Å². The van der Waals surface area contributed by atoms with Gasteiger partial charge >= 0.3 is 0 Å². The molecule has 0 radical (unpaired) electrons. The summed E-state index contributed by atoms with van der Waals surface area (Å²) in [5, 5.41) is 3.24. The number of ether oxygens (including phenoxy) is 1. The highest BCUT2D eigenvalue weighted by molar-refractivity contribution is 7.89. The van der Waals surface area contributed by atoms with Crippen molar-refractivity contribution in [3.8, 4) is 5.75 Å². The van der Waals surface area contributed by atoms with Crippen LogP contribution in [0.3, 0.4) is 0 Å². The van der Waals surface area contributed by atoms with Crippen molar-refractivity contribution in [3.63, 3.8) is 0 Å². The standard InChI is InChI=1S/C12H16N2O3S.ClH/c1-17-8-2-4-9(5-3-8)18(15,16)14-12-10-6-13-7-11(10)12;/h2-5,10-14H,6-7H2,1H3;1H. The first kappa shape index (κ1) is 14.6. The Morgan fingerprint density at radius 1 is 1.21 bits per heavy atom. The van der Waals surface area contributed by atoms with Crippen molar-refractivity contribution in [2.45, 2.75) is 10.9 Å². The van der Waals surface area contributed by atoms with Crippen LogP contribution < -0.4 is 14.8 Å². The quantitative estimate of drug-likeness (QED) is 0.855. The van der Waals surface area contributed by atoms with Crippen molar-refractivity contribution in [3.05, 3.63) is 24.3 Å². The van der Waals surface area contributed by atoms with Gasteiger partial charge in [0.25, 0.3) is 0 Å². The minimum Gasteiger partial charge on any atom is -0.497 e. The monoisotopic (exact) mass is 304 g/mol. The topological polar surface area (TPSA) is 67.4 Å². The van der Waals surface area contributed by atoms with Crippen LogP contribution in [0.25, 0.3) is 0 Å². The Morgan fingerprint density at radius 3 is 2.32 bits per heavy atom. The normalized spacial score (nSPS) is 28.4.